The molecule has 0 aliphatic carbocycles. The molecule has 2 aromatic carbocycles. The van der Waals surface area contributed by atoms with Crippen LogP contribution in [0, 0.1) is 6.92 Å². The molecule has 0 unspecified atom stereocenters. The lowest BCUT2D eigenvalue weighted by atomic mass is 10.1. The van der Waals surface area contributed by atoms with Gasteiger partial charge in [-0.15, -0.1) is 0 Å². The zero-order valence-electron chi connectivity index (χ0n) is 15.4. The van der Waals surface area contributed by atoms with Crippen molar-refractivity contribution >= 4 is 11.6 Å². The lowest BCUT2D eigenvalue weighted by molar-refractivity contribution is -0.294. The highest BCUT2D eigenvalue weighted by Crippen LogP contribution is 2.44. The van der Waals surface area contributed by atoms with Gasteiger partial charge < -0.3 is 15.4 Å². The summed E-state index contributed by atoms with van der Waals surface area (Å²) in [6, 6.07) is 9.88. The van der Waals surface area contributed by atoms with Crippen LogP contribution in [0.4, 0.5) is 32.0 Å². The van der Waals surface area contributed by atoms with Gasteiger partial charge in [0.15, 0.2) is 0 Å². The monoisotopic (exact) mass is 420 g/mol. The number of nitrogens with one attached hydrogen (secondary N) is 2. The zero-order valence-corrected chi connectivity index (χ0v) is 15.4. The molecule has 2 aromatic rings. The maximum atomic E-state index is 13.7. The third-order valence-corrected chi connectivity index (χ3v) is 3.97. The van der Waals surface area contributed by atoms with Gasteiger partial charge in [-0.05, 0) is 38.1 Å². The van der Waals surface area contributed by atoms with E-state index in [1.165, 1.54) is 35.6 Å². The lowest BCUT2D eigenvalue weighted by Gasteiger charge is -2.39. The molecule has 2 N–H and O–H groups in total. The summed E-state index contributed by atoms with van der Waals surface area (Å²) in [4.78, 5) is 12.5. The summed E-state index contributed by atoms with van der Waals surface area (Å²) in [6.45, 7) is 3.25. The Hall–Kier alpha value is -2.91. The van der Waals surface area contributed by atoms with E-state index < -0.39 is 35.2 Å². The summed E-state index contributed by atoms with van der Waals surface area (Å²) in [7, 11) is 0. The Labute approximate surface area is 162 Å². The SMILES string of the molecule is CCOc1ccccc1C(=O)NC(Nc1ccc(C)cc1)(C(F)(F)F)C(F)(F)F. The van der Waals surface area contributed by atoms with E-state index in [2.05, 4.69) is 0 Å². The number of aryl methyl sites for hydroxylation is 1. The molecule has 0 saturated heterocycles. The fraction of sp³-hybridized carbons (Fsp3) is 0.316. The maximum absolute atomic E-state index is 13.7. The first-order valence-corrected chi connectivity index (χ1v) is 8.44. The van der Waals surface area contributed by atoms with Gasteiger partial charge in [-0.1, -0.05) is 29.8 Å². The topological polar surface area (TPSA) is 50.4 Å². The number of rotatable bonds is 6. The number of hydrogen-bond acceptors (Lipinski definition) is 3. The number of ether oxygens (including phenoxy) is 1. The molecule has 0 atom stereocenters. The van der Waals surface area contributed by atoms with Gasteiger partial charge in [0.05, 0.1) is 12.2 Å². The lowest BCUT2D eigenvalue weighted by Crippen LogP contribution is -2.72. The Balaban J connectivity index is 2.53. The summed E-state index contributed by atoms with van der Waals surface area (Å²) in [5.74, 6) is -1.73. The number of carbonyl (C=O) groups is 1. The summed E-state index contributed by atoms with van der Waals surface area (Å²) >= 11 is 0. The smallest absolute Gasteiger partial charge is 0.439 e. The van der Waals surface area contributed by atoms with E-state index in [1.54, 1.807) is 13.8 Å². The van der Waals surface area contributed by atoms with Gasteiger partial charge in [0.25, 0.3) is 5.91 Å². The van der Waals surface area contributed by atoms with Crippen LogP contribution in [0.5, 0.6) is 5.75 Å². The van der Waals surface area contributed by atoms with Crippen molar-refractivity contribution in [3.05, 3.63) is 59.7 Å². The number of amides is 1. The number of carbonyl (C=O) groups excluding carboxylic acids is 1. The predicted octanol–water partition coefficient (Wildman–Crippen LogP) is 5.06. The van der Waals surface area contributed by atoms with Gasteiger partial charge in [0.2, 0.25) is 0 Å². The fourth-order valence-corrected chi connectivity index (χ4v) is 2.50. The first-order chi connectivity index (χ1) is 13.4. The predicted molar refractivity (Wildman–Crippen MR) is 94.7 cm³/mol. The van der Waals surface area contributed by atoms with Crippen LogP contribution in [0.1, 0.15) is 22.8 Å². The maximum Gasteiger partial charge on any atom is 0.439 e. The summed E-state index contributed by atoms with van der Waals surface area (Å²) in [5, 5.41) is 2.54. The molecule has 1 amide bonds. The standard InChI is InChI=1S/C19H18F6N2O2/c1-3-29-15-7-5-4-6-14(15)16(28)27-17(18(20,21)22,19(23,24)25)26-13-10-8-12(2)9-11-13/h4-11,26H,3H2,1-2H3,(H,27,28). The van der Waals surface area contributed by atoms with E-state index in [9.17, 15) is 31.1 Å². The van der Waals surface area contributed by atoms with E-state index in [-0.39, 0.29) is 12.4 Å². The second-order valence-electron chi connectivity index (χ2n) is 6.12. The van der Waals surface area contributed by atoms with Gasteiger partial charge in [-0.3, -0.25) is 4.79 Å². The Morgan fingerprint density at radius 2 is 1.48 bits per heavy atom. The third kappa shape index (κ3) is 4.75. The van der Waals surface area contributed by atoms with Gasteiger partial charge >= 0.3 is 18.0 Å². The average molecular weight is 420 g/mol. The van der Waals surface area contributed by atoms with E-state index >= 15 is 0 Å². The van der Waals surface area contributed by atoms with Crippen molar-refractivity contribution in [2.75, 3.05) is 11.9 Å². The number of halogens is 6. The minimum atomic E-state index is -5.91. The Morgan fingerprint density at radius 3 is 2.00 bits per heavy atom. The first kappa shape index (κ1) is 22.4. The molecule has 10 heteroatoms. The number of alkyl halides is 6. The van der Waals surface area contributed by atoms with E-state index in [1.807, 2.05) is 0 Å². The van der Waals surface area contributed by atoms with Crippen molar-refractivity contribution in [2.45, 2.75) is 31.9 Å². The van der Waals surface area contributed by atoms with Crippen LogP contribution in [-0.2, 0) is 0 Å². The minimum absolute atomic E-state index is 0.0651. The van der Waals surface area contributed by atoms with Gasteiger partial charge in [-0.25, -0.2) is 0 Å². The molecular weight excluding hydrogens is 402 g/mol. The minimum Gasteiger partial charge on any atom is -0.493 e. The fourth-order valence-electron chi connectivity index (χ4n) is 2.50. The average Bonchev–Trinajstić information content (AvgIpc) is 2.61. The summed E-state index contributed by atoms with van der Waals surface area (Å²) in [6.07, 6.45) is -11.8. The van der Waals surface area contributed by atoms with Crippen LogP contribution in [0.2, 0.25) is 0 Å². The van der Waals surface area contributed by atoms with Crippen LogP contribution < -0.4 is 15.4 Å². The van der Waals surface area contributed by atoms with Crippen LogP contribution in [-0.4, -0.2) is 30.5 Å². The van der Waals surface area contributed by atoms with Gasteiger partial charge in [-0.2, -0.15) is 26.3 Å². The van der Waals surface area contributed by atoms with Crippen molar-refractivity contribution in [3.63, 3.8) is 0 Å². The molecule has 0 heterocycles. The molecule has 0 saturated carbocycles. The Morgan fingerprint density at radius 1 is 0.931 bits per heavy atom. The third-order valence-electron chi connectivity index (χ3n) is 3.97. The number of benzene rings is 2. The van der Waals surface area contributed by atoms with Crippen LogP contribution >= 0.6 is 0 Å². The van der Waals surface area contributed by atoms with Crippen molar-refractivity contribution in [1.29, 1.82) is 0 Å². The molecule has 0 radical (unpaired) electrons. The number of para-hydroxylation sites is 1. The second-order valence-corrected chi connectivity index (χ2v) is 6.12. The van der Waals surface area contributed by atoms with Crippen LogP contribution in [0.25, 0.3) is 0 Å². The van der Waals surface area contributed by atoms with Gasteiger partial charge in [0.1, 0.15) is 5.75 Å². The van der Waals surface area contributed by atoms with E-state index in [0.29, 0.717) is 5.56 Å². The molecule has 29 heavy (non-hydrogen) atoms. The summed E-state index contributed by atoms with van der Waals surface area (Å²) < 4.78 is 87.5. The Bertz CT molecular complexity index is 833. The van der Waals surface area contributed by atoms with E-state index in [4.69, 9.17) is 4.74 Å². The molecule has 158 valence electrons. The molecular formula is C19H18F6N2O2. The van der Waals surface area contributed by atoms with Crippen LogP contribution in [0.15, 0.2) is 48.5 Å². The molecule has 0 aliphatic heterocycles. The number of hydrogen-bond donors (Lipinski definition) is 2. The summed E-state index contributed by atoms with van der Waals surface area (Å²) in [5.41, 5.74) is -5.01. The largest absolute Gasteiger partial charge is 0.493 e. The quantitative estimate of drug-likeness (QED) is 0.508. The highest BCUT2D eigenvalue weighted by molar-refractivity contribution is 5.97. The molecule has 0 aliphatic rings. The molecule has 0 spiro atoms. The molecule has 0 bridgehead atoms. The molecule has 2 rings (SSSR count). The van der Waals surface area contributed by atoms with Crippen molar-refractivity contribution in [2.24, 2.45) is 0 Å². The molecule has 0 fully saturated rings. The van der Waals surface area contributed by atoms with Crippen molar-refractivity contribution < 1.29 is 35.9 Å². The van der Waals surface area contributed by atoms with Gasteiger partial charge in [0, 0.05) is 5.69 Å². The number of anilines is 1. The zero-order chi connectivity index (χ0) is 21.9. The Kier molecular flexibility index (Phi) is 6.34. The second kappa shape index (κ2) is 8.22. The van der Waals surface area contributed by atoms with Crippen molar-refractivity contribution in [3.8, 4) is 5.75 Å². The van der Waals surface area contributed by atoms with Crippen molar-refractivity contribution in [1.82, 2.24) is 5.32 Å². The highest BCUT2D eigenvalue weighted by Gasteiger charge is 2.72. The van der Waals surface area contributed by atoms with Crippen LogP contribution in [0.3, 0.4) is 0 Å². The normalized spacial score (nSPS) is 12.4. The molecule has 0 aromatic heterocycles. The first-order valence-electron chi connectivity index (χ1n) is 8.44. The molecule has 4 nitrogen and oxygen atoms in total. The highest BCUT2D eigenvalue weighted by atomic mass is 19.4. The van der Waals surface area contributed by atoms with E-state index in [0.717, 1.165) is 23.5 Å².